The van der Waals surface area contributed by atoms with Crippen LogP contribution in [0.3, 0.4) is 0 Å². The van der Waals surface area contributed by atoms with Gasteiger partial charge in [-0.25, -0.2) is 9.37 Å². The number of piperidine rings is 1. The van der Waals surface area contributed by atoms with E-state index in [1.807, 2.05) is 9.80 Å². The molecular weight excluding hydrogens is 407 g/mol. The number of aromatic nitrogens is 1. The smallest absolute Gasteiger partial charge is 0.256 e. The van der Waals surface area contributed by atoms with E-state index in [1.165, 1.54) is 12.1 Å². The van der Waals surface area contributed by atoms with E-state index in [-0.39, 0.29) is 17.4 Å². The van der Waals surface area contributed by atoms with Gasteiger partial charge in [0.25, 0.3) is 11.8 Å². The summed E-state index contributed by atoms with van der Waals surface area (Å²) in [5.41, 5.74) is 0.585. The molecule has 2 amide bonds. The zero-order valence-corrected chi connectivity index (χ0v) is 17.4. The Morgan fingerprint density at radius 1 is 0.900 bits per heavy atom. The number of anilines is 1. The van der Waals surface area contributed by atoms with Gasteiger partial charge in [-0.2, -0.15) is 0 Å². The molecule has 0 bridgehead atoms. The lowest BCUT2D eigenvalue weighted by atomic mass is 10.1. The summed E-state index contributed by atoms with van der Waals surface area (Å²) in [7, 11) is 0. The predicted octanol–water partition coefficient (Wildman–Crippen LogP) is 3.46. The van der Waals surface area contributed by atoms with Crippen LogP contribution in [0.25, 0.3) is 0 Å². The summed E-state index contributed by atoms with van der Waals surface area (Å²) in [6.07, 6.45) is 4.80. The van der Waals surface area contributed by atoms with Crippen molar-refractivity contribution in [3.8, 4) is 0 Å². The van der Waals surface area contributed by atoms with Gasteiger partial charge in [-0.1, -0.05) is 23.7 Å². The summed E-state index contributed by atoms with van der Waals surface area (Å²) in [4.78, 5) is 35.2. The van der Waals surface area contributed by atoms with E-state index in [9.17, 15) is 14.0 Å². The van der Waals surface area contributed by atoms with E-state index >= 15 is 0 Å². The number of likely N-dealkylation sites (tertiary alicyclic amines) is 1. The van der Waals surface area contributed by atoms with E-state index in [1.54, 1.807) is 29.3 Å². The van der Waals surface area contributed by atoms with Gasteiger partial charge < -0.3 is 14.7 Å². The van der Waals surface area contributed by atoms with Crippen LogP contribution in [0.2, 0.25) is 5.02 Å². The standard InChI is InChI=1S/C22H24ClFN4O2/c23-18-14-16(21(29)27-8-4-1-5-9-27)15-25-20(18)26-10-12-28(13-11-26)22(30)17-6-2-3-7-19(17)24/h2-3,6-7,14-15H,1,4-5,8-13H2. The molecule has 0 unspecified atom stereocenters. The Balaban J connectivity index is 1.40. The van der Waals surface area contributed by atoms with Gasteiger partial charge in [-0.3, -0.25) is 9.59 Å². The van der Waals surface area contributed by atoms with Gasteiger partial charge in [0.1, 0.15) is 11.6 Å². The zero-order chi connectivity index (χ0) is 21.1. The molecule has 0 radical (unpaired) electrons. The molecule has 4 rings (SSSR count). The second kappa shape index (κ2) is 9.00. The lowest BCUT2D eigenvalue weighted by Crippen LogP contribution is -2.49. The molecule has 3 heterocycles. The molecular formula is C22H24ClFN4O2. The molecule has 6 nitrogen and oxygen atoms in total. The van der Waals surface area contributed by atoms with Gasteiger partial charge in [0.05, 0.1) is 16.1 Å². The maximum atomic E-state index is 13.9. The molecule has 2 aliphatic heterocycles. The van der Waals surface area contributed by atoms with Crippen LogP contribution in [0.4, 0.5) is 10.2 Å². The van der Waals surface area contributed by atoms with Crippen LogP contribution in [0.15, 0.2) is 36.5 Å². The van der Waals surface area contributed by atoms with Crippen LogP contribution in [-0.2, 0) is 0 Å². The largest absolute Gasteiger partial charge is 0.352 e. The topological polar surface area (TPSA) is 56.8 Å². The Bertz CT molecular complexity index is 940. The predicted molar refractivity (Wildman–Crippen MR) is 114 cm³/mol. The van der Waals surface area contributed by atoms with Crippen molar-refractivity contribution in [3.05, 3.63) is 58.5 Å². The number of amides is 2. The normalized spacial score (nSPS) is 17.2. The maximum Gasteiger partial charge on any atom is 0.256 e. The third-order valence-electron chi connectivity index (χ3n) is 5.68. The summed E-state index contributed by atoms with van der Waals surface area (Å²) in [6, 6.07) is 7.69. The van der Waals surface area contributed by atoms with Gasteiger partial charge in [-0.15, -0.1) is 0 Å². The number of carbonyl (C=O) groups is 2. The number of pyridine rings is 1. The van der Waals surface area contributed by atoms with Crippen LogP contribution >= 0.6 is 11.6 Å². The summed E-state index contributed by atoms with van der Waals surface area (Å²) in [6.45, 7) is 3.50. The molecule has 0 spiro atoms. The minimum Gasteiger partial charge on any atom is -0.352 e. The van der Waals surface area contributed by atoms with Crippen LogP contribution in [0, 0.1) is 5.82 Å². The van der Waals surface area contributed by atoms with E-state index in [4.69, 9.17) is 11.6 Å². The monoisotopic (exact) mass is 430 g/mol. The van der Waals surface area contributed by atoms with Gasteiger partial charge >= 0.3 is 0 Å². The Morgan fingerprint density at radius 3 is 2.23 bits per heavy atom. The highest BCUT2D eigenvalue weighted by Crippen LogP contribution is 2.26. The van der Waals surface area contributed by atoms with Gasteiger partial charge in [-0.05, 0) is 37.5 Å². The van der Waals surface area contributed by atoms with Crippen molar-refractivity contribution in [2.75, 3.05) is 44.2 Å². The number of hydrogen-bond acceptors (Lipinski definition) is 4. The summed E-state index contributed by atoms with van der Waals surface area (Å²) < 4.78 is 13.9. The molecule has 0 N–H and O–H groups in total. The van der Waals surface area contributed by atoms with Gasteiger partial charge in [0, 0.05) is 45.5 Å². The van der Waals surface area contributed by atoms with Crippen LogP contribution in [0.5, 0.6) is 0 Å². The maximum absolute atomic E-state index is 13.9. The van der Waals surface area contributed by atoms with Crippen molar-refractivity contribution in [1.29, 1.82) is 0 Å². The molecule has 30 heavy (non-hydrogen) atoms. The van der Waals surface area contributed by atoms with Crippen molar-refractivity contribution < 1.29 is 14.0 Å². The Hall–Kier alpha value is -2.67. The number of hydrogen-bond donors (Lipinski definition) is 0. The third kappa shape index (κ3) is 4.26. The lowest BCUT2D eigenvalue weighted by Gasteiger charge is -2.36. The molecule has 1 aromatic carbocycles. The number of rotatable bonds is 3. The van der Waals surface area contributed by atoms with Crippen LogP contribution in [0.1, 0.15) is 40.0 Å². The molecule has 2 aromatic rings. The molecule has 0 atom stereocenters. The van der Waals surface area contributed by atoms with Crippen LogP contribution in [-0.4, -0.2) is 65.9 Å². The molecule has 2 aliphatic rings. The molecule has 8 heteroatoms. The van der Waals surface area contributed by atoms with Crippen LogP contribution < -0.4 is 4.90 Å². The van der Waals surface area contributed by atoms with E-state index in [0.29, 0.717) is 42.6 Å². The number of benzene rings is 1. The highest BCUT2D eigenvalue weighted by molar-refractivity contribution is 6.33. The third-order valence-corrected chi connectivity index (χ3v) is 5.96. The highest BCUT2D eigenvalue weighted by Gasteiger charge is 2.26. The minimum absolute atomic E-state index is 0.0315. The highest BCUT2D eigenvalue weighted by atomic mass is 35.5. The molecule has 2 fully saturated rings. The number of carbonyl (C=O) groups excluding carboxylic acids is 2. The lowest BCUT2D eigenvalue weighted by molar-refractivity contribution is 0.0720. The SMILES string of the molecule is O=C(c1cnc(N2CCN(C(=O)c3ccccc3F)CC2)c(Cl)c1)N1CCCCC1. The Labute approximate surface area is 180 Å². The minimum atomic E-state index is -0.511. The number of piperazine rings is 1. The molecule has 2 saturated heterocycles. The second-order valence-corrected chi connectivity index (χ2v) is 8.05. The zero-order valence-electron chi connectivity index (χ0n) is 16.7. The summed E-state index contributed by atoms with van der Waals surface area (Å²) >= 11 is 6.46. The van der Waals surface area contributed by atoms with E-state index < -0.39 is 5.82 Å². The first-order valence-electron chi connectivity index (χ1n) is 10.3. The number of halogens is 2. The first kappa shape index (κ1) is 20.6. The van der Waals surface area contributed by atoms with E-state index in [2.05, 4.69) is 4.98 Å². The van der Waals surface area contributed by atoms with Gasteiger partial charge in [0.2, 0.25) is 0 Å². The fourth-order valence-corrected chi connectivity index (χ4v) is 4.27. The Morgan fingerprint density at radius 2 is 1.57 bits per heavy atom. The average molecular weight is 431 g/mol. The van der Waals surface area contributed by atoms with E-state index in [0.717, 1.165) is 32.4 Å². The first-order chi connectivity index (χ1) is 14.5. The molecule has 158 valence electrons. The fraction of sp³-hybridized carbons (Fsp3) is 0.409. The van der Waals surface area contributed by atoms with Crippen molar-refractivity contribution >= 4 is 29.2 Å². The van der Waals surface area contributed by atoms with Crippen molar-refractivity contribution in [2.45, 2.75) is 19.3 Å². The molecule has 1 aromatic heterocycles. The summed E-state index contributed by atoms with van der Waals surface area (Å²) in [5, 5.41) is 0.423. The average Bonchev–Trinajstić information content (AvgIpc) is 2.79. The van der Waals surface area contributed by atoms with Crippen molar-refractivity contribution in [1.82, 2.24) is 14.8 Å². The van der Waals surface area contributed by atoms with Crippen molar-refractivity contribution in [3.63, 3.8) is 0 Å². The first-order valence-corrected chi connectivity index (χ1v) is 10.7. The van der Waals surface area contributed by atoms with Crippen molar-refractivity contribution in [2.24, 2.45) is 0 Å². The Kier molecular flexibility index (Phi) is 6.18. The summed E-state index contributed by atoms with van der Waals surface area (Å²) in [5.74, 6) is -0.251. The van der Waals surface area contributed by atoms with Gasteiger partial charge in [0.15, 0.2) is 0 Å². The molecule has 0 aliphatic carbocycles. The molecule has 0 saturated carbocycles. The fourth-order valence-electron chi connectivity index (χ4n) is 3.99. The second-order valence-electron chi connectivity index (χ2n) is 7.64. The quantitative estimate of drug-likeness (QED) is 0.748. The number of nitrogens with zero attached hydrogens (tertiary/aromatic N) is 4.